The molecule has 2 N–H and O–H groups in total. The third-order valence-corrected chi connectivity index (χ3v) is 6.59. The maximum atomic E-state index is 11.4. The lowest BCUT2D eigenvalue weighted by atomic mass is 9.79. The maximum absolute atomic E-state index is 11.4. The number of ether oxygens (including phenoxy) is 1. The Morgan fingerprint density at radius 2 is 1.35 bits per heavy atom. The zero-order valence-corrected chi connectivity index (χ0v) is 21.0. The van der Waals surface area contributed by atoms with Crippen molar-refractivity contribution in [2.24, 2.45) is 4.99 Å². The third kappa shape index (κ3) is 4.12. The number of phenols is 1. The fourth-order valence-electron chi connectivity index (χ4n) is 4.62. The van der Waals surface area contributed by atoms with E-state index in [1.807, 2.05) is 66.7 Å². The first-order valence-electron chi connectivity index (χ1n) is 11.9. The average Bonchev–Trinajstić information content (AvgIpc) is 3.19. The Bertz CT molecular complexity index is 1150. The Labute approximate surface area is 203 Å². The summed E-state index contributed by atoms with van der Waals surface area (Å²) in [6.07, 6.45) is 0. The molecule has 0 amide bonds. The minimum atomic E-state index is -1.00. The average molecular weight is 458 g/mol. The zero-order chi connectivity index (χ0) is 24.7. The van der Waals surface area contributed by atoms with Crippen LogP contribution in [0.1, 0.15) is 69.4 Å². The molecule has 3 aromatic rings. The second-order valence-corrected chi connectivity index (χ2v) is 11.1. The molecule has 4 nitrogen and oxygen atoms in total. The van der Waals surface area contributed by atoms with E-state index in [0.717, 1.165) is 22.3 Å². The van der Waals surface area contributed by atoms with E-state index in [4.69, 9.17) is 9.73 Å². The van der Waals surface area contributed by atoms with E-state index in [2.05, 4.69) is 47.6 Å². The Hall–Kier alpha value is -3.11. The summed E-state index contributed by atoms with van der Waals surface area (Å²) in [6, 6.07) is 23.3. The highest BCUT2D eigenvalue weighted by Gasteiger charge is 2.50. The molecule has 1 heterocycles. The Kier molecular flexibility index (Phi) is 6.07. The van der Waals surface area contributed by atoms with Gasteiger partial charge in [0.15, 0.2) is 5.60 Å². The first-order valence-corrected chi connectivity index (χ1v) is 11.9. The summed E-state index contributed by atoms with van der Waals surface area (Å²) in [5.74, 6) is 0.522. The Balaban J connectivity index is 1.94. The number of benzene rings is 3. The normalized spacial score (nSPS) is 17.9. The number of aliphatic imine (C=N–C) groups is 1. The first-order chi connectivity index (χ1) is 16.0. The predicted molar refractivity (Wildman–Crippen MR) is 138 cm³/mol. The number of hydrogen-bond donors (Lipinski definition) is 2. The van der Waals surface area contributed by atoms with E-state index in [-0.39, 0.29) is 23.2 Å². The summed E-state index contributed by atoms with van der Waals surface area (Å²) >= 11 is 0. The van der Waals surface area contributed by atoms with Crippen LogP contribution in [-0.2, 0) is 21.2 Å². The number of aromatic hydroxyl groups is 1. The number of rotatable bonds is 4. The van der Waals surface area contributed by atoms with Gasteiger partial charge in [0, 0.05) is 16.7 Å². The predicted octanol–water partition coefficient (Wildman–Crippen LogP) is 6.07. The number of nitrogens with zero attached hydrogens (tertiary/aromatic N) is 1. The van der Waals surface area contributed by atoms with Crippen LogP contribution >= 0.6 is 0 Å². The summed E-state index contributed by atoms with van der Waals surface area (Å²) in [7, 11) is 0. The zero-order valence-electron chi connectivity index (χ0n) is 21.0. The standard InChI is InChI=1S/C30H35NO3/c1-28(2,3)22-17-23(26(33)24(18-22)29(4,5)6)27-31-25(19-32)30(34-27,20-13-9-7-10-14-20)21-15-11-8-12-16-21/h7-18,25,32-33H,19H2,1-6H3/t25-/m0/s1. The van der Waals surface area contributed by atoms with Gasteiger partial charge in [0.25, 0.3) is 0 Å². The van der Waals surface area contributed by atoms with Crippen molar-refractivity contribution in [1.29, 1.82) is 0 Å². The van der Waals surface area contributed by atoms with E-state index in [1.54, 1.807) is 0 Å². The lowest BCUT2D eigenvalue weighted by Crippen LogP contribution is -2.41. The maximum Gasteiger partial charge on any atom is 0.221 e. The van der Waals surface area contributed by atoms with Crippen LogP contribution in [0.4, 0.5) is 0 Å². The molecule has 178 valence electrons. The smallest absolute Gasteiger partial charge is 0.221 e. The van der Waals surface area contributed by atoms with E-state index < -0.39 is 11.6 Å². The van der Waals surface area contributed by atoms with E-state index in [0.29, 0.717) is 11.5 Å². The fraction of sp³-hybridized carbons (Fsp3) is 0.367. The fourth-order valence-corrected chi connectivity index (χ4v) is 4.62. The molecule has 0 unspecified atom stereocenters. The molecule has 0 bridgehead atoms. The molecule has 0 aliphatic carbocycles. The molecule has 0 aromatic heterocycles. The van der Waals surface area contributed by atoms with Crippen LogP contribution in [0.2, 0.25) is 0 Å². The molecule has 3 aromatic carbocycles. The van der Waals surface area contributed by atoms with Gasteiger partial charge < -0.3 is 14.9 Å². The van der Waals surface area contributed by atoms with Crippen LogP contribution in [0.15, 0.2) is 77.8 Å². The summed E-state index contributed by atoms with van der Waals surface area (Å²) < 4.78 is 6.76. The van der Waals surface area contributed by atoms with Gasteiger partial charge in [0.2, 0.25) is 5.90 Å². The summed E-state index contributed by atoms with van der Waals surface area (Å²) in [6.45, 7) is 12.5. The van der Waals surface area contributed by atoms with Gasteiger partial charge in [-0.05, 0) is 22.5 Å². The SMILES string of the molecule is CC(C)(C)c1cc(C2=N[C@@H](CO)C(c3ccccc3)(c3ccccc3)O2)c(O)c(C(C)(C)C)c1. The van der Waals surface area contributed by atoms with Crippen LogP contribution in [-0.4, -0.2) is 28.8 Å². The highest BCUT2D eigenvalue weighted by molar-refractivity contribution is 5.99. The highest BCUT2D eigenvalue weighted by atomic mass is 16.5. The van der Waals surface area contributed by atoms with Gasteiger partial charge in [0.1, 0.15) is 11.8 Å². The topological polar surface area (TPSA) is 62.1 Å². The van der Waals surface area contributed by atoms with Crippen molar-refractivity contribution < 1.29 is 14.9 Å². The van der Waals surface area contributed by atoms with Gasteiger partial charge in [-0.2, -0.15) is 0 Å². The highest BCUT2D eigenvalue weighted by Crippen LogP contribution is 2.46. The molecule has 0 saturated heterocycles. The molecule has 0 saturated carbocycles. The molecule has 1 aliphatic heterocycles. The van der Waals surface area contributed by atoms with Gasteiger partial charge in [0.05, 0.1) is 12.2 Å². The second kappa shape index (κ2) is 8.59. The van der Waals surface area contributed by atoms with E-state index in [1.165, 1.54) is 0 Å². The number of hydrogen-bond acceptors (Lipinski definition) is 4. The molecule has 4 rings (SSSR count). The largest absolute Gasteiger partial charge is 0.507 e. The van der Waals surface area contributed by atoms with Crippen molar-refractivity contribution in [1.82, 2.24) is 0 Å². The summed E-state index contributed by atoms with van der Waals surface area (Å²) in [5.41, 5.74) is 2.90. The van der Waals surface area contributed by atoms with Crippen molar-refractivity contribution in [3.63, 3.8) is 0 Å². The summed E-state index contributed by atoms with van der Waals surface area (Å²) in [4.78, 5) is 4.87. The monoisotopic (exact) mass is 457 g/mol. The minimum absolute atomic E-state index is 0.131. The van der Waals surface area contributed by atoms with Crippen molar-refractivity contribution in [2.45, 2.75) is 64.0 Å². The summed E-state index contributed by atoms with van der Waals surface area (Å²) in [5, 5.41) is 21.9. The number of phenolic OH excluding ortho intramolecular Hbond substituents is 1. The van der Waals surface area contributed by atoms with E-state index >= 15 is 0 Å². The van der Waals surface area contributed by atoms with Crippen molar-refractivity contribution in [2.75, 3.05) is 6.61 Å². The second-order valence-electron chi connectivity index (χ2n) is 11.1. The Morgan fingerprint density at radius 3 is 1.79 bits per heavy atom. The van der Waals surface area contributed by atoms with Crippen LogP contribution in [0.5, 0.6) is 5.75 Å². The lowest BCUT2D eigenvalue weighted by molar-refractivity contribution is 0.0719. The molecule has 4 heteroatoms. The van der Waals surface area contributed by atoms with Crippen molar-refractivity contribution in [3.8, 4) is 5.75 Å². The minimum Gasteiger partial charge on any atom is -0.507 e. The lowest BCUT2D eigenvalue weighted by Gasteiger charge is -2.34. The number of aliphatic hydroxyl groups excluding tert-OH is 1. The molecule has 34 heavy (non-hydrogen) atoms. The van der Waals surface area contributed by atoms with Gasteiger partial charge in [-0.25, -0.2) is 4.99 Å². The van der Waals surface area contributed by atoms with Crippen LogP contribution in [0, 0.1) is 0 Å². The van der Waals surface area contributed by atoms with Crippen molar-refractivity contribution in [3.05, 3.63) is 101 Å². The molecule has 1 aliphatic rings. The quantitative estimate of drug-likeness (QED) is 0.500. The number of aliphatic hydroxyl groups is 1. The van der Waals surface area contributed by atoms with E-state index in [9.17, 15) is 10.2 Å². The van der Waals surface area contributed by atoms with Crippen LogP contribution in [0.3, 0.4) is 0 Å². The first kappa shape index (κ1) is 24.0. The molecule has 0 spiro atoms. The van der Waals surface area contributed by atoms with Crippen molar-refractivity contribution >= 4 is 5.90 Å². The van der Waals surface area contributed by atoms with Gasteiger partial charge in [-0.15, -0.1) is 0 Å². The molecular formula is C30H35NO3. The molecule has 0 radical (unpaired) electrons. The van der Waals surface area contributed by atoms with Crippen LogP contribution in [0.25, 0.3) is 0 Å². The van der Waals surface area contributed by atoms with Gasteiger partial charge in [-0.1, -0.05) is 108 Å². The van der Waals surface area contributed by atoms with Crippen LogP contribution < -0.4 is 0 Å². The third-order valence-electron chi connectivity index (χ3n) is 6.59. The Morgan fingerprint density at radius 1 is 0.824 bits per heavy atom. The molecular weight excluding hydrogens is 422 g/mol. The van der Waals surface area contributed by atoms with Gasteiger partial charge in [-0.3, -0.25) is 0 Å². The van der Waals surface area contributed by atoms with Gasteiger partial charge >= 0.3 is 0 Å². The molecule has 0 fully saturated rings. The molecule has 1 atom stereocenters.